The molecular weight excluding hydrogens is 617 g/mol. The van der Waals surface area contributed by atoms with Crippen molar-refractivity contribution in [1.29, 1.82) is 0 Å². The van der Waals surface area contributed by atoms with Crippen molar-refractivity contribution in [1.82, 2.24) is 9.80 Å². The summed E-state index contributed by atoms with van der Waals surface area (Å²) in [5.41, 5.74) is 1.65. The second-order valence-corrected chi connectivity index (χ2v) is 12.3. The number of halogens is 1. The van der Waals surface area contributed by atoms with Crippen LogP contribution in [0.15, 0.2) is 72.8 Å². The third kappa shape index (κ3) is 10.4. The van der Waals surface area contributed by atoms with Crippen molar-refractivity contribution in [3.8, 4) is 5.75 Å². The van der Waals surface area contributed by atoms with Gasteiger partial charge in [0.05, 0.1) is 30.4 Å². The van der Waals surface area contributed by atoms with E-state index in [4.69, 9.17) is 9.47 Å². The first-order chi connectivity index (χ1) is 23.0. The average molecular weight is 664 g/mol. The van der Waals surface area contributed by atoms with Gasteiger partial charge in [0, 0.05) is 49.7 Å². The van der Waals surface area contributed by atoms with E-state index >= 15 is 0 Å². The molecule has 0 aliphatic carbocycles. The van der Waals surface area contributed by atoms with Gasteiger partial charge in [-0.3, -0.25) is 4.79 Å². The van der Waals surface area contributed by atoms with Crippen LogP contribution in [0.3, 0.4) is 0 Å². The minimum absolute atomic E-state index is 0.216. The summed E-state index contributed by atoms with van der Waals surface area (Å²) in [7, 11) is 1.70. The highest BCUT2D eigenvalue weighted by Gasteiger charge is 2.31. The molecule has 0 saturated heterocycles. The van der Waals surface area contributed by atoms with Gasteiger partial charge in [-0.05, 0) is 87.7 Å². The first-order valence-electron chi connectivity index (χ1n) is 16.3. The Morgan fingerprint density at radius 3 is 2.35 bits per heavy atom. The van der Waals surface area contributed by atoms with E-state index in [1.54, 1.807) is 42.0 Å². The third-order valence-electron chi connectivity index (χ3n) is 8.24. The van der Waals surface area contributed by atoms with Gasteiger partial charge in [-0.1, -0.05) is 25.1 Å². The number of nitrogens with one attached hydrogen (secondary N) is 3. The van der Waals surface area contributed by atoms with Gasteiger partial charge in [-0.15, -0.1) is 0 Å². The van der Waals surface area contributed by atoms with E-state index in [-0.39, 0.29) is 49.2 Å². The van der Waals surface area contributed by atoms with Crippen LogP contribution >= 0.6 is 0 Å². The highest BCUT2D eigenvalue weighted by Crippen LogP contribution is 2.29. The molecule has 258 valence electrons. The fourth-order valence-corrected chi connectivity index (χ4v) is 5.38. The number of hydrogen-bond donors (Lipinski definition) is 4. The maximum atomic E-state index is 14.3. The predicted molar refractivity (Wildman–Crippen MR) is 184 cm³/mol. The summed E-state index contributed by atoms with van der Waals surface area (Å²) in [6.45, 7) is 6.34. The molecule has 12 heteroatoms. The smallest absolute Gasteiger partial charge is 0.323 e. The standard InChI is InChI=1S/C36H46FN5O6/c1-24-21-42(25(2)23-43)34(44)31-20-30(39-35(45)38-29-15-13-27(37)14-16-29)17-18-32(31)48-26(3)10-8-9-19-47-33(24)22-41(4)36(46)40-28-11-6-5-7-12-28/h5-7,11-18,20,24-26,33,43H,8-10,19,21-23H2,1-4H3,(H,40,46)(H2,38,39,45)/t24-,25+,26-,33+/m1/s1. The number of carbonyl (C=O) groups is 3. The van der Waals surface area contributed by atoms with Crippen molar-refractivity contribution in [3.05, 3.63) is 84.2 Å². The number of urea groups is 2. The number of amides is 5. The van der Waals surface area contributed by atoms with Gasteiger partial charge in [-0.25, -0.2) is 14.0 Å². The minimum Gasteiger partial charge on any atom is -0.490 e. The van der Waals surface area contributed by atoms with E-state index in [1.165, 1.54) is 24.3 Å². The van der Waals surface area contributed by atoms with Gasteiger partial charge in [0.1, 0.15) is 11.6 Å². The molecule has 48 heavy (non-hydrogen) atoms. The summed E-state index contributed by atoms with van der Waals surface area (Å²) in [5, 5.41) is 18.5. The van der Waals surface area contributed by atoms with Crippen LogP contribution in [0, 0.1) is 11.7 Å². The van der Waals surface area contributed by atoms with E-state index < -0.39 is 24.0 Å². The van der Waals surface area contributed by atoms with Gasteiger partial charge in [0.2, 0.25) is 0 Å². The number of aliphatic hydroxyl groups is 1. The van der Waals surface area contributed by atoms with E-state index in [9.17, 15) is 23.9 Å². The van der Waals surface area contributed by atoms with Crippen LogP contribution in [0.25, 0.3) is 0 Å². The van der Waals surface area contributed by atoms with Crippen LogP contribution in [-0.2, 0) is 4.74 Å². The number of likely N-dealkylation sites (N-methyl/N-ethyl adjacent to an activating group) is 1. The molecule has 3 aromatic rings. The molecule has 11 nitrogen and oxygen atoms in total. The zero-order valence-corrected chi connectivity index (χ0v) is 27.9. The molecule has 5 amide bonds. The van der Waals surface area contributed by atoms with Crippen LogP contribution in [0.2, 0.25) is 0 Å². The van der Waals surface area contributed by atoms with E-state index in [2.05, 4.69) is 16.0 Å². The first-order valence-corrected chi connectivity index (χ1v) is 16.3. The van der Waals surface area contributed by atoms with Crippen molar-refractivity contribution < 1.29 is 33.4 Å². The topological polar surface area (TPSA) is 132 Å². The zero-order chi connectivity index (χ0) is 34.6. The van der Waals surface area contributed by atoms with Gasteiger partial charge in [0.25, 0.3) is 5.91 Å². The lowest BCUT2D eigenvalue weighted by atomic mass is 10.0. The summed E-state index contributed by atoms with van der Waals surface area (Å²) in [5.74, 6) is -0.681. The largest absolute Gasteiger partial charge is 0.490 e. The second kappa shape index (κ2) is 17.5. The number of para-hydroxylation sites is 1. The highest BCUT2D eigenvalue weighted by atomic mass is 19.1. The number of nitrogens with zero attached hydrogens (tertiary/aromatic N) is 2. The molecule has 0 radical (unpaired) electrons. The van der Waals surface area contributed by atoms with Gasteiger partial charge in [0.15, 0.2) is 0 Å². The Morgan fingerprint density at radius 1 is 0.979 bits per heavy atom. The minimum atomic E-state index is -0.571. The number of ether oxygens (including phenoxy) is 2. The van der Waals surface area contributed by atoms with Crippen molar-refractivity contribution in [2.45, 2.75) is 58.3 Å². The third-order valence-corrected chi connectivity index (χ3v) is 8.24. The molecule has 1 heterocycles. The SMILES string of the molecule is C[C@@H]1CCCCO[C@@H](CN(C)C(=O)Nc2ccccc2)[C@H](C)CN([C@@H](C)CO)C(=O)c2cc(NC(=O)Nc3ccc(F)cc3)ccc2O1. The van der Waals surface area contributed by atoms with Crippen molar-refractivity contribution in [2.24, 2.45) is 5.92 Å². The molecule has 0 saturated carbocycles. The van der Waals surface area contributed by atoms with Crippen LogP contribution in [0.1, 0.15) is 50.4 Å². The van der Waals surface area contributed by atoms with Crippen molar-refractivity contribution >= 4 is 35.0 Å². The Hall–Kier alpha value is -4.68. The van der Waals surface area contributed by atoms with Crippen molar-refractivity contribution in [2.75, 3.05) is 49.3 Å². The molecule has 0 fully saturated rings. The normalized spacial score (nSPS) is 19.6. The lowest BCUT2D eigenvalue weighted by Gasteiger charge is -2.35. The van der Waals surface area contributed by atoms with Gasteiger partial charge < -0.3 is 40.3 Å². The van der Waals surface area contributed by atoms with E-state index in [1.807, 2.05) is 44.2 Å². The fraction of sp³-hybridized carbons (Fsp3) is 0.417. The summed E-state index contributed by atoms with van der Waals surface area (Å²) < 4.78 is 25.9. The summed E-state index contributed by atoms with van der Waals surface area (Å²) in [6.07, 6.45) is 1.70. The number of anilines is 3. The van der Waals surface area contributed by atoms with Crippen molar-refractivity contribution in [3.63, 3.8) is 0 Å². The van der Waals surface area contributed by atoms with E-state index in [0.29, 0.717) is 35.8 Å². The van der Waals surface area contributed by atoms with Crippen LogP contribution in [0.4, 0.5) is 31.0 Å². The molecule has 1 aliphatic heterocycles. The number of fused-ring (bicyclic) bond motifs is 1. The molecular formula is C36H46FN5O6. The molecule has 0 bridgehead atoms. The fourth-order valence-electron chi connectivity index (χ4n) is 5.38. The number of hydrogen-bond acceptors (Lipinski definition) is 6. The Bertz CT molecular complexity index is 1510. The number of rotatable bonds is 7. The van der Waals surface area contributed by atoms with Gasteiger partial charge in [-0.2, -0.15) is 0 Å². The molecule has 4 N–H and O–H groups in total. The zero-order valence-electron chi connectivity index (χ0n) is 27.9. The highest BCUT2D eigenvalue weighted by molar-refractivity contribution is 6.02. The summed E-state index contributed by atoms with van der Waals surface area (Å²) >= 11 is 0. The number of benzene rings is 3. The Balaban J connectivity index is 1.57. The summed E-state index contributed by atoms with van der Waals surface area (Å²) in [6, 6.07) is 18.0. The van der Waals surface area contributed by atoms with Crippen LogP contribution in [-0.4, -0.2) is 84.5 Å². The molecule has 1 aliphatic rings. The maximum Gasteiger partial charge on any atom is 0.323 e. The Morgan fingerprint density at radius 2 is 1.65 bits per heavy atom. The molecule has 0 aromatic heterocycles. The van der Waals surface area contributed by atoms with Gasteiger partial charge >= 0.3 is 12.1 Å². The maximum absolute atomic E-state index is 14.3. The summed E-state index contributed by atoms with van der Waals surface area (Å²) in [4.78, 5) is 43.2. The van der Waals surface area contributed by atoms with E-state index in [0.717, 1.165) is 12.8 Å². The Labute approximate surface area is 281 Å². The molecule has 0 spiro atoms. The lowest BCUT2D eigenvalue weighted by Crippen LogP contribution is -2.48. The lowest BCUT2D eigenvalue weighted by molar-refractivity contribution is -0.0115. The Kier molecular flexibility index (Phi) is 13.2. The molecule has 4 rings (SSSR count). The molecule has 3 aromatic carbocycles. The average Bonchev–Trinajstić information content (AvgIpc) is 3.07. The molecule has 0 unspecified atom stereocenters. The van der Waals surface area contributed by atoms with Crippen LogP contribution < -0.4 is 20.7 Å². The first kappa shape index (κ1) is 36.2. The second-order valence-electron chi connectivity index (χ2n) is 12.3. The number of carbonyl (C=O) groups excluding carboxylic acids is 3. The quantitative estimate of drug-likeness (QED) is 0.230. The number of aliphatic hydroxyl groups excluding tert-OH is 1. The predicted octanol–water partition coefficient (Wildman–Crippen LogP) is 6.43. The van der Waals surface area contributed by atoms with Crippen LogP contribution in [0.5, 0.6) is 5.75 Å². The monoisotopic (exact) mass is 663 g/mol. The molecule has 4 atom stereocenters.